The lowest BCUT2D eigenvalue weighted by Crippen LogP contribution is -2.41. The Morgan fingerprint density at radius 1 is 1.24 bits per heavy atom. The molecule has 1 amide bonds. The van der Waals surface area contributed by atoms with Crippen LogP contribution in [-0.2, 0) is 4.79 Å². The topological polar surface area (TPSA) is 71.3 Å². The number of furan rings is 1. The van der Waals surface area contributed by atoms with Crippen molar-refractivity contribution in [2.24, 2.45) is 5.92 Å². The Bertz CT molecular complexity index is 1100. The first-order valence-electron chi connectivity index (χ1n) is 9.58. The van der Waals surface area contributed by atoms with Gasteiger partial charge in [0.05, 0.1) is 17.0 Å². The second kappa shape index (κ2) is 7.42. The van der Waals surface area contributed by atoms with Gasteiger partial charge in [-0.1, -0.05) is 0 Å². The van der Waals surface area contributed by atoms with Crippen LogP contribution in [0.4, 0.5) is 20.3 Å². The summed E-state index contributed by atoms with van der Waals surface area (Å²) in [6.07, 6.45) is 1.44. The first-order chi connectivity index (χ1) is 13.8. The van der Waals surface area contributed by atoms with Crippen LogP contribution in [0.1, 0.15) is 30.0 Å². The summed E-state index contributed by atoms with van der Waals surface area (Å²) >= 11 is 0. The normalized spacial score (nSPS) is 17.0. The quantitative estimate of drug-likeness (QED) is 0.711. The molecule has 1 aliphatic rings. The van der Waals surface area contributed by atoms with Crippen molar-refractivity contribution in [1.29, 1.82) is 0 Å². The number of carbonyl (C=O) groups is 1. The molecule has 1 aromatic carbocycles. The Kier molecular flexibility index (Phi) is 4.94. The number of piperidine rings is 1. The van der Waals surface area contributed by atoms with Crippen molar-refractivity contribution in [3.05, 3.63) is 47.0 Å². The lowest BCUT2D eigenvalue weighted by molar-refractivity contribution is -0.120. The lowest BCUT2D eigenvalue weighted by atomic mass is 9.96. The van der Waals surface area contributed by atoms with Crippen LogP contribution in [0, 0.1) is 38.3 Å². The molecule has 0 saturated carbocycles. The minimum atomic E-state index is -0.662. The van der Waals surface area contributed by atoms with Crippen molar-refractivity contribution < 1.29 is 18.0 Å². The van der Waals surface area contributed by atoms with Gasteiger partial charge >= 0.3 is 0 Å². The third-order valence-corrected chi connectivity index (χ3v) is 5.40. The maximum Gasteiger partial charge on any atom is 0.231 e. The average molecular weight is 400 g/mol. The Labute approximate surface area is 166 Å². The Balaban J connectivity index is 1.60. The van der Waals surface area contributed by atoms with Crippen molar-refractivity contribution in [3.63, 3.8) is 0 Å². The fourth-order valence-electron chi connectivity index (χ4n) is 3.77. The Morgan fingerprint density at radius 2 is 2.03 bits per heavy atom. The molecular weight excluding hydrogens is 378 g/mol. The summed E-state index contributed by atoms with van der Waals surface area (Å²) in [5.41, 5.74) is 1.37. The van der Waals surface area contributed by atoms with Crippen molar-refractivity contribution in [3.8, 4) is 0 Å². The van der Waals surface area contributed by atoms with Gasteiger partial charge in [0.1, 0.15) is 29.0 Å². The Hall–Kier alpha value is -3.03. The van der Waals surface area contributed by atoms with Crippen molar-refractivity contribution in [2.75, 3.05) is 23.3 Å². The molecule has 3 heterocycles. The number of nitrogens with zero attached hydrogens (tertiary/aromatic N) is 3. The fraction of sp³-hybridized carbons (Fsp3) is 0.381. The number of anilines is 2. The van der Waals surface area contributed by atoms with Gasteiger partial charge in [0.25, 0.3) is 0 Å². The number of aromatic nitrogens is 2. The highest BCUT2D eigenvalue weighted by Gasteiger charge is 2.29. The standard InChI is InChI=1S/C21H22F2N4O2/c1-11-12(2)29-21-18(11)19(24-13(3)25-21)27-8-4-5-14(10-27)20(28)26-17-9-15(22)6-7-16(17)23/h6-7,9,14H,4-5,8,10H2,1-3H3,(H,26,28). The number of carbonyl (C=O) groups excluding carboxylic acids is 1. The first-order valence-corrected chi connectivity index (χ1v) is 9.58. The number of rotatable bonds is 3. The minimum absolute atomic E-state index is 0.145. The van der Waals surface area contributed by atoms with E-state index in [0.29, 0.717) is 24.5 Å². The van der Waals surface area contributed by atoms with E-state index >= 15 is 0 Å². The predicted octanol–water partition coefficient (Wildman–Crippen LogP) is 4.28. The molecule has 8 heteroatoms. The van der Waals surface area contributed by atoms with E-state index in [0.717, 1.165) is 53.7 Å². The number of nitrogens with one attached hydrogen (secondary N) is 1. The SMILES string of the molecule is Cc1nc(N2CCCC(C(=O)Nc3cc(F)ccc3F)C2)c2c(C)c(C)oc2n1. The highest BCUT2D eigenvalue weighted by molar-refractivity contribution is 5.94. The largest absolute Gasteiger partial charge is 0.443 e. The predicted molar refractivity (Wildman–Crippen MR) is 106 cm³/mol. The van der Waals surface area contributed by atoms with Gasteiger partial charge in [0.15, 0.2) is 0 Å². The minimum Gasteiger partial charge on any atom is -0.443 e. The third-order valence-electron chi connectivity index (χ3n) is 5.40. The van der Waals surface area contributed by atoms with E-state index in [2.05, 4.69) is 20.2 Å². The molecule has 2 aromatic heterocycles. The van der Waals surface area contributed by atoms with Crippen LogP contribution in [0.2, 0.25) is 0 Å². The van der Waals surface area contributed by atoms with E-state index in [1.165, 1.54) is 0 Å². The van der Waals surface area contributed by atoms with Crippen molar-refractivity contribution in [1.82, 2.24) is 9.97 Å². The third kappa shape index (κ3) is 3.66. The highest BCUT2D eigenvalue weighted by Crippen LogP contribution is 2.33. The van der Waals surface area contributed by atoms with Gasteiger partial charge in [-0.2, -0.15) is 4.98 Å². The number of aryl methyl sites for hydroxylation is 3. The van der Waals surface area contributed by atoms with Gasteiger partial charge in [-0.25, -0.2) is 13.8 Å². The van der Waals surface area contributed by atoms with Crippen molar-refractivity contribution in [2.45, 2.75) is 33.6 Å². The maximum absolute atomic E-state index is 13.9. The van der Waals surface area contributed by atoms with Gasteiger partial charge < -0.3 is 14.6 Å². The zero-order valence-electron chi connectivity index (χ0n) is 16.6. The molecule has 1 fully saturated rings. The van der Waals surface area contributed by atoms with Crippen LogP contribution in [-0.4, -0.2) is 29.0 Å². The average Bonchev–Trinajstić information content (AvgIpc) is 2.97. The van der Waals surface area contributed by atoms with E-state index in [1.807, 2.05) is 13.8 Å². The molecule has 4 rings (SSSR count). The monoisotopic (exact) mass is 400 g/mol. The molecule has 0 radical (unpaired) electrons. The molecule has 6 nitrogen and oxygen atoms in total. The summed E-state index contributed by atoms with van der Waals surface area (Å²) in [7, 11) is 0. The van der Waals surface area contributed by atoms with Crippen molar-refractivity contribution >= 4 is 28.5 Å². The first kappa shape index (κ1) is 19.3. The summed E-state index contributed by atoms with van der Waals surface area (Å²) in [6.45, 7) is 6.82. The van der Waals surface area contributed by atoms with Crippen LogP contribution in [0.3, 0.4) is 0 Å². The number of halogens is 2. The van der Waals surface area contributed by atoms with E-state index in [1.54, 1.807) is 6.92 Å². The molecule has 3 aromatic rings. The summed E-state index contributed by atoms with van der Waals surface area (Å²) in [6, 6.07) is 3.01. The van der Waals surface area contributed by atoms with E-state index in [-0.39, 0.29) is 17.5 Å². The maximum atomic E-state index is 13.9. The molecule has 1 N–H and O–H groups in total. The molecule has 0 spiro atoms. The van der Waals surface area contributed by atoms with Crippen LogP contribution in [0.15, 0.2) is 22.6 Å². The number of hydrogen-bond donors (Lipinski definition) is 1. The highest BCUT2D eigenvalue weighted by atomic mass is 19.1. The van der Waals surface area contributed by atoms with Gasteiger partial charge in [-0.15, -0.1) is 0 Å². The zero-order chi connectivity index (χ0) is 20.7. The fourth-order valence-corrected chi connectivity index (χ4v) is 3.77. The van der Waals surface area contributed by atoms with Gasteiger partial charge in [-0.3, -0.25) is 4.79 Å². The summed E-state index contributed by atoms with van der Waals surface area (Å²) in [5, 5.41) is 3.38. The summed E-state index contributed by atoms with van der Waals surface area (Å²) in [5.74, 6) is 0.160. The molecule has 1 atom stereocenters. The van der Waals surface area contributed by atoms with Gasteiger partial charge in [0, 0.05) is 24.7 Å². The zero-order valence-corrected chi connectivity index (χ0v) is 16.6. The van der Waals surface area contributed by atoms with E-state index in [9.17, 15) is 13.6 Å². The second-order valence-electron chi connectivity index (χ2n) is 7.46. The smallest absolute Gasteiger partial charge is 0.231 e. The number of fused-ring (bicyclic) bond motifs is 1. The Morgan fingerprint density at radius 3 is 2.83 bits per heavy atom. The summed E-state index contributed by atoms with van der Waals surface area (Å²) in [4.78, 5) is 23.8. The van der Waals surface area contributed by atoms with E-state index in [4.69, 9.17) is 4.42 Å². The molecule has 0 bridgehead atoms. The molecule has 1 unspecified atom stereocenters. The van der Waals surface area contributed by atoms with Gasteiger partial charge in [-0.05, 0) is 45.7 Å². The molecular formula is C21H22F2N4O2. The lowest BCUT2D eigenvalue weighted by Gasteiger charge is -2.33. The second-order valence-corrected chi connectivity index (χ2v) is 7.46. The number of amides is 1. The molecule has 1 aliphatic heterocycles. The number of benzene rings is 1. The molecule has 152 valence electrons. The van der Waals surface area contributed by atoms with Gasteiger partial charge in [0.2, 0.25) is 11.6 Å². The summed E-state index contributed by atoms with van der Waals surface area (Å²) < 4.78 is 33.0. The van der Waals surface area contributed by atoms with Crippen LogP contribution >= 0.6 is 0 Å². The number of hydrogen-bond acceptors (Lipinski definition) is 5. The van der Waals surface area contributed by atoms with Crippen LogP contribution in [0.25, 0.3) is 11.1 Å². The van der Waals surface area contributed by atoms with E-state index < -0.39 is 11.6 Å². The molecule has 29 heavy (non-hydrogen) atoms. The van der Waals surface area contributed by atoms with Crippen LogP contribution in [0.5, 0.6) is 0 Å². The van der Waals surface area contributed by atoms with Crippen LogP contribution < -0.4 is 10.2 Å². The molecule has 0 aliphatic carbocycles. The molecule has 1 saturated heterocycles.